The van der Waals surface area contributed by atoms with E-state index in [1.807, 2.05) is 19.9 Å². The van der Waals surface area contributed by atoms with Gasteiger partial charge < -0.3 is 10.2 Å². The van der Waals surface area contributed by atoms with Crippen molar-refractivity contribution in [1.82, 2.24) is 14.5 Å². The zero-order valence-electron chi connectivity index (χ0n) is 18.2. The van der Waals surface area contributed by atoms with Crippen LogP contribution in [-0.2, 0) is 14.8 Å². The van der Waals surface area contributed by atoms with Crippen molar-refractivity contribution in [3.8, 4) is 0 Å². The highest BCUT2D eigenvalue weighted by molar-refractivity contribution is 7.89. The van der Waals surface area contributed by atoms with Crippen LogP contribution in [0, 0.1) is 5.92 Å². The molecule has 3 rings (SSSR count). The van der Waals surface area contributed by atoms with Gasteiger partial charge in [0.15, 0.2) is 0 Å². The second-order valence-corrected chi connectivity index (χ2v) is 10.3. The van der Waals surface area contributed by atoms with E-state index in [0.29, 0.717) is 17.0 Å². The summed E-state index contributed by atoms with van der Waals surface area (Å²) < 4.78 is 27.2. The zero-order valence-corrected chi connectivity index (χ0v) is 19.8. The predicted octanol–water partition coefficient (Wildman–Crippen LogP) is 3.02. The molecule has 1 aliphatic heterocycles. The molecule has 1 N–H and O–H groups in total. The van der Waals surface area contributed by atoms with E-state index in [1.165, 1.54) is 16.4 Å². The molecule has 0 spiro atoms. The van der Waals surface area contributed by atoms with E-state index in [0.717, 1.165) is 0 Å². The van der Waals surface area contributed by atoms with E-state index in [9.17, 15) is 18.0 Å². The van der Waals surface area contributed by atoms with Crippen molar-refractivity contribution >= 4 is 33.4 Å². The first-order chi connectivity index (χ1) is 15.2. The Labute approximate surface area is 194 Å². The lowest BCUT2D eigenvalue weighted by Gasteiger charge is -2.37. The third-order valence-electron chi connectivity index (χ3n) is 5.79. The zero-order chi connectivity index (χ0) is 23.3. The van der Waals surface area contributed by atoms with Crippen LogP contribution < -0.4 is 5.32 Å². The highest BCUT2D eigenvalue weighted by atomic mass is 35.5. The number of sulfonamides is 1. The highest BCUT2D eigenvalue weighted by Crippen LogP contribution is 2.22. The summed E-state index contributed by atoms with van der Waals surface area (Å²) in [6.45, 7) is 4.77. The van der Waals surface area contributed by atoms with Crippen molar-refractivity contribution in [2.24, 2.45) is 5.92 Å². The molecule has 1 heterocycles. The van der Waals surface area contributed by atoms with Gasteiger partial charge in [-0.15, -0.1) is 0 Å². The monoisotopic (exact) mass is 477 g/mol. The van der Waals surface area contributed by atoms with Crippen LogP contribution in [0.2, 0.25) is 5.02 Å². The van der Waals surface area contributed by atoms with Crippen molar-refractivity contribution in [1.29, 1.82) is 0 Å². The molecule has 1 fully saturated rings. The Morgan fingerprint density at radius 1 is 1.03 bits per heavy atom. The van der Waals surface area contributed by atoms with E-state index in [-0.39, 0.29) is 48.8 Å². The van der Waals surface area contributed by atoms with Gasteiger partial charge in [-0.25, -0.2) is 8.42 Å². The number of rotatable bonds is 7. The Morgan fingerprint density at radius 2 is 1.69 bits per heavy atom. The van der Waals surface area contributed by atoms with Crippen molar-refractivity contribution in [3.63, 3.8) is 0 Å². The van der Waals surface area contributed by atoms with Gasteiger partial charge in [0.25, 0.3) is 5.91 Å². The van der Waals surface area contributed by atoms with Crippen molar-refractivity contribution < 1.29 is 18.0 Å². The van der Waals surface area contributed by atoms with Crippen LogP contribution in [0.15, 0.2) is 59.5 Å². The summed E-state index contributed by atoms with van der Waals surface area (Å²) in [5.74, 6) is -0.557. The minimum atomic E-state index is -3.69. The maximum atomic E-state index is 13.3. The molecule has 0 radical (unpaired) electrons. The smallest absolute Gasteiger partial charge is 0.251 e. The number of hydrogen-bond acceptors (Lipinski definition) is 4. The molecule has 2 aromatic rings. The molecule has 7 nitrogen and oxygen atoms in total. The molecule has 2 aromatic carbocycles. The Balaban J connectivity index is 1.68. The summed E-state index contributed by atoms with van der Waals surface area (Å²) in [4.78, 5) is 27.7. The number of nitrogens with zero attached hydrogens (tertiary/aromatic N) is 2. The van der Waals surface area contributed by atoms with Gasteiger partial charge in [0.2, 0.25) is 15.9 Å². The van der Waals surface area contributed by atoms with Gasteiger partial charge in [-0.1, -0.05) is 56.1 Å². The van der Waals surface area contributed by atoms with Crippen molar-refractivity contribution in [2.45, 2.75) is 31.2 Å². The molecule has 1 aliphatic rings. The number of nitrogens with one attached hydrogen (secondary N) is 1. The molecule has 0 bridgehead atoms. The lowest BCUT2D eigenvalue weighted by atomic mass is 9.97. The fourth-order valence-corrected chi connectivity index (χ4v) is 5.34. The summed E-state index contributed by atoms with van der Waals surface area (Å²) in [7, 11) is -3.69. The van der Waals surface area contributed by atoms with Crippen LogP contribution >= 0.6 is 11.6 Å². The van der Waals surface area contributed by atoms with Crippen LogP contribution in [0.1, 0.15) is 30.6 Å². The number of carbonyl (C=O) groups is 2. The van der Waals surface area contributed by atoms with Crippen LogP contribution in [-0.4, -0.2) is 61.7 Å². The van der Waals surface area contributed by atoms with Crippen LogP contribution in [0.5, 0.6) is 0 Å². The Kier molecular flexibility index (Phi) is 7.92. The summed E-state index contributed by atoms with van der Waals surface area (Å²) in [5.41, 5.74) is 0.492. The van der Waals surface area contributed by atoms with Gasteiger partial charge in [0.05, 0.1) is 4.90 Å². The molecule has 2 atom stereocenters. The second kappa shape index (κ2) is 10.5. The first-order valence-corrected chi connectivity index (χ1v) is 12.5. The van der Waals surface area contributed by atoms with Gasteiger partial charge in [-0.05, 0) is 36.2 Å². The molecule has 0 aromatic heterocycles. The molecular formula is C23H28ClN3O4S. The Bertz CT molecular complexity index is 1050. The van der Waals surface area contributed by atoms with E-state index in [1.54, 1.807) is 41.3 Å². The maximum absolute atomic E-state index is 13.3. The van der Waals surface area contributed by atoms with E-state index >= 15 is 0 Å². The minimum absolute atomic E-state index is 0.0663. The average Bonchev–Trinajstić information content (AvgIpc) is 2.82. The van der Waals surface area contributed by atoms with E-state index < -0.39 is 16.1 Å². The molecule has 0 aliphatic carbocycles. The maximum Gasteiger partial charge on any atom is 0.251 e. The largest absolute Gasteiger partial charge is 0.340 e. The van der Waals surface area contributed by atoms with E-state index in [2.05, 4.69) is 5.32 Å². The Hall–Kier alpha value is -2.42. The third-order valence-corrected chi connectivity index (χ3v) is 7.92. The van der Waals surface area contributed by atoms with Gasteiger partial charge in [0.1, 0.15) is 6.04 Å². The van der Waals surface area contributed by atoms with Crippen LogP contribution in [0.25, 0.3) is 0 Å². The summed E-state index contributed by atoms with van der Waals surface area (Å²) >= 11 is 5.95. The Morgan fingerprint density at radius 3 is 2.28 bits per heavy atom. The predicted molar refractivity (Wildman–Crippen MR) is 124 cm³/mol. The van der Waals surface area contributed by atoms with Crippen LogP contribution in [0.3, 0.4) is 0 Å². The number of hydrogen-bond donors (Lipinski definition) is 1. The molecule has 32 heavy (non-hydrogen) atoms. The van der Waals surface area contributed by atoms with Gasteiger partial charge in [-0.3, -0.25) is 9.59 Å². The standard InChI is InChI=1S/C23H28ClN3O4S/c1-3-17(2)21(25-22(28)18-8-5-4-6-9-18)23(29)26-12-14-27(15-13-26)32(30,31)20-11-7-10-19(24)16-20/h4-11,16-17,21H,3,12-15H2,1-2H3,(H,25,28). The minimum Gasteiger partial charge on any atom is -0.340 e. The van der Waals surface area contributed by atoms with Gasteiger partial charge in [0, 0.05) is 36.8 Å². The number of benzene rings is 2. The average molecular weight is 478 g/mol. The molecule has 1 saturated heterocycles. The summed E-state index contributed by atoms with van der Waals surface area (Å²) in [5, 5.41) is 3.23. The quantitative estimate of drug-likeness (QED) is 0.664. The van der Waals surface area contributed by atoms with Crippen molar-refractivity contribution in [3.05, 3.63) is 65.2 Å². The normalized spacial score (nSPS) is 16.9. The molecule has 9 heteroatoms. The number of carbonyl (C=O) groups excluding carboxylic acids is 2. The molecule has 2 amide bonds. The highest BCUT2D eigenvalue weighted by Gasteiger charge is 2.35. The van der Waals surface area contributed by atoms with Crippen molar-refractivity contribution in [2.75, 3.05) is 26.2 Å². The summed E-state index contributed by atoms with van der Waals surface area (Å²) in [6, 6.07) is 14.2. The first kappa shape index (κ1) is 24.2. The fraction of sp³-hybridized carbons (Fsp3) is 0.391. The first-order valence-electron chi connectivity index (χ1n) is 10.6. The van der Waals surface area contributed by atoms with Gasteiger partial charge >= 0.3 is 0 Å². The molecule has 0 saturated carbocycles. The topological polar surface area (TPSA) is 86.8 Å². The SMILES string of the molecule is CCC(C)C(NC(=O)c1ccccc1)C(=O)N1CCN(S(=O)(=O)c2cccc(Cl)c2)CC1. The van der Waals surface area contributed by atoms with Crippen LogP contribution in [0.4, 0.5) is 0 Å². The fourth-order valence-electron chi connectivity index (χ4n) is 3.62. The second-order valence-electron chi connectivity index (χ2n) is 7.89. The molecule has 2 unspecified atom stereocenters. The van der Waals surface area contributed by atoms with Gasteiger partial charge in [-0.2, -0.15) is 4.31 Å². The number of piperazine rings is 1. The molecular weight excluding hydrogens is 450 g/mol. The molecule has 172 valence electrons. The number of amides is 2. The third kappa shape index (κ3) is 5.49. The lowest BCUT2D eigenvalue weighted by Crippen LogP contribution is -2.57. The number of halogens is 1. The summed E-state index contributed by atoms with van der Waals surface area (Å²) in [6.07, 6.45) is 0.717. The van der Waals surface area contributed by atoms with E-state index in [4.69, 9.17) is 11.6 Å². The lowest BCUT2D eigenvalue weighted by molar-refractivity contribution is -0.135.